The van der Waals surface area contributed by atoms with E-state index in [1.807, 2.05) is 0 Å². The van der Waals surface area contributed by atoms with Gasteiger partial charge in [0.05, 0.1) is 0 Å². The van der Waals surface area contributed by atoms with Crippen LogP contribution in [0.25, 0.3) is 0 Å². The molecule has 0 spiro atoms. The SMILES string of the molecule is CC(=O)NC1C(Oc2ccccc2[NH+]([O-])O)OC(COC(C)=O)C(OC(C)=O)C1OC(C)=O. The fraction of sp³-hybridized carbons (Fsp3) is 0.500. The van der Waals surface area contributed by atoms with Gasteiger partial charge in [0.2, 0.25) is 17.9 Å². The molecule has 1 saturated heterocycles. The molecular formula is C20H26N2O11. The number of benzene rings is 1. The van der Waals surface area contributed by atoms with E-state index in [1.165, 1.54) is 31.2 Å². The summed E-state index contributed by atoms with van der Waals surface area (Å²) >= 11 is 0. The zero-order valence-electron chi connectivity index (χ0n) is 18.4. The molecule has 0 radical (unpaired) electrons. The largest absolute Gasteiger partial charge is 0.595 e. The van der Waals surface area contributed by atoms with Crippen LogP contribution in [0, 0.1) is 5.21 Å². The summed E-state index contributed by atoms with van der Waals surface area (Å²) in [7, 11) is 0. The van der Waals surface area contributed by atoms with Gasteiger partial charge in [0.15, 0.2) is 18.0 Å². The van der Waals surface area contributed by atoms with Crippen molar-refractivity contribution in [3.05, 3.63) is 29.5 Å². The van der Waals surface area contributed by atoms with Gasteiger partial charge in [-0.25, -0.2) is 5.21 Å². The molecule has 1 aliphatic heterocycles. The van der Waals surface area contributed by atoms with Gasteiger partial charge in [-0.05, 0) is 6.07 Å². The van der Waals surface area contributed by atoms with Crippen LogP contribution in [0.4, 0.5) is 5.69 Å². The van der Waals surface area contributed by atoms with Crippen molar-refractivity contribution < 1.29 is 53.3 Å². The molecule has 33 heavy (non-hydrogen) atoms. The van der Waals surface area contributed by atoms with Crippen molar-refractivity contribution in [1.82, 2.24) is 5.32 Å². The number of quaternary nitrogens is 1. The van der Waals surface area contributed by atoms with Crippen LogP contribution in [0.2, 0.25) is 0 Å². The average Bonchev–Trinajstić information content (AvgIpc) is 2.70. The third-order valence-corrected chi connectivity index (χ3v) is 4.43. The highest BCUT2D eigenvalue weighted by molar-refractivity contribution is 5.73. The molecule has 0 saturated carbocycles. The van der Waals surface area contributed by atoms with Gasteiger partial charge in [-0.3, -0.25) is 19.2 Å². The first kappa shape index (κ1) is 26.0. The molecule has 182 valence electrons. The summed E-state index contributed by atoms with van der Waals surface area (Å²) in [5.41, 5.74) is -0.189. The Morgan fingerprint density at radius 3 is 2.18 bits per heavy atom. The standard InChI is InChI=1S/C20H26N2O11/c1-10(23)21-17-19(31-13(4)26)18(30-12(3)25)16(9-29-11(2)24)33-20(17)32-15-8-6-5-7-14(15)22(27)28/h5-8,16-20,22,27H,9H2,1-4H3,(H,21,23). The van der Waals surface area contributed by atoms with Gasteiger partial charge in [0.1, 0.15) is 18.8 Å². The van der Waals surface area contributed by atoms with Crippen LogP contribution in [-0.4, -0.2) is 66.3 Å². The maximum absolute atomic E-state index is 11.9. The lowest BCUT2D eigenvalue weighted by Crippen LogP contribution is -2.99. The highest BCUT2D eigenvalue weighted by atomic mass is 16.8. The Hall–Kier alpha value is -3.26. The van der Waals surface area contributed by atoms with E-state index in [1.54, 1.807) is 0 Å². The van der Waals surface area contributed by atoms with E-state index >= 15 is 0 Å². The fourth-order valence-corrected chi connectivity index (χ4v) is 3.26. The van der Waals surface area contributed by atoms with E-state index < -0.39 is 66.3 Å². The molecule has 1 aliphatic rings. The second kappa shape index (κ2) is 11.6. The zero-order valence-corrected chi connectivity index (χ0v) is 18.4. The third kappa shape index (κ3) is 7.39. The summed E-state index contributed by atoms with van der Waals surface area (Å²) in [4.78, 5) is 46.8. The molecule has 13 nitrogen and oxygen atoms in total. The van der Waals surface area contributed by atoms with Crippen LogP contribution in [0.15, 0.2) is 24.3 Å². The molecule has 6 atom stereocenters. The van der Waals surface area contributed by atoms with Gasteiger partial charge in [-0.2, -0.15) is 5.23 Å². The van der Waals surface area contributed by atoms with Gasteiger partial charge >= 0.3 is 17.9 Å². The van der Waals surface area contributed by atoms with Crippen molar-refractivity contribution in [3.8, 4) is 5.75 Å². The predicted octanol–water partition coefficient (Wildman–Crippen LogP) is -0.875. The molecule has 2 rings (SSSR count). The van der Waals surface area contributed by atoms with E-state index in [0.717, 1.165) is 20.8 Å². The second-order valence-corrected chi connectivity index (χ2v) is 7.14. The van der Waals surface area contributed by atoms with Crippen molar-refractivity contribution in [3.63, 3.8) is 0 Å². The zero-order chi connectivity index (χ0) is 24.7. The van der Waals surface area contributed by atoms with Crippen LogP contribution in [-0.2, 0) is 38.1 Å². The summed E-state index contributed by atoms with van der Waals surface area (Å²) in [5.74, 6) is -2.80. The Kier molecular flexibility index (Phi) is 9.11. The lowest BCUT2D eigenvalue weighted by atomic mass is 9.96. The first-order valence-electron chi connectivity index (χ1n) is 9.89. The molecule has 0 bridgehead atoms. The topological polar surface area (TPSA) is 174 Å². The quantitative estimate of drug-likeness (QED) is 0.245. The Balaban J connectivity index is 2.50. The molecule has 0 aromatic heterocycles. The highest BCUT2D eigenvalue weighted by Crippen LogP contribution is 2.30. The third-order valence-electron chi connectivity index (χ3n) is 4.43. The van der Waals surface area contributed by atoms with Gasteiger partial charge in [0.25, 0.3) is 0 Å². The Morgan fingerprint density at radius 2 is 1.64 bits per heavy atom. The lowest BCUT2D eigenvalue weighted by Gasteiger charge is -2.44. The highest BCUT2D eigenvalue weighted by Gasteiger charge is 2.52. The number of para-hydroxylation sites is 2. The summed E-state index contributed by atoms with van der Waals surface area (Å²) in [6.45, 7) is 4.18. The minimum Gasteiger partial charge on any atom is -0.595 e. The predicted molar refractivity (Wildman–Crippen MR) is 107 cm³/mol. The Bertz CT molecular complexity index is 875. The molecule has 0 aliphatic carbocycles. The molecule has 1 heterocycles. The van der Waals surface area contributed by atoms with Crippen LogP contribution in [0.3, 0.4) is 0 Å². The number of ether oxygens (including phenoxy) is 5. The van der Waals surface area contributed by atoms with E-state index in [-0.39, 0.29) is 11.4 Å². The van der Waals surface area contributed by atoms with Gasteiger partial charge < -0.3 is 34.2 Å². The number of nitrogens with one attached hydrogen (secondary N) is 2. The monoisotopic (exact) mass is 470 g/mol. The second-order valence-electron chi connectivity index (χ2n) is 7.14. The maximum atomic E-state index is 11.9. The maximum Gasteiger partial charge on any atom is 0.303 e. The lowest BCUT2D eigenvalue weighted by molar-refractivity contribution is -0.991. The van der Waals surface area contributed by atoms with Crippen molar-refractivity contribution in [2.24, 2.45) is 0 Å². The van der Waals surface area contributed by atoms with Gasteiger partial charge in [-0.1, -0.05) is 12.1 Å². The number of carbonyl (C=O) groups excluding carboxylic acids is 4. The summed E-state index contributed by atoms with van der Waals surface area (Å²) in [5, 5.41) is 22.3. The van der Waals surface area contributed by atoms with E-state index in [9.17, 15) is 29.6 Å². The smallest absolute Gasteiger partial charge is 0.303 e. The summed E-state index contributed by atoms with van der Waals surface area (Å²) < 4.78 is 27.2. The van der Waals surface area contributed by atoms with Crippen LogP contribution in [0.5, 0.6) is 5.75 Å². The molecular weight excluding hydrogens is 444 g/mol. The van der Waals surface area contributed by atoms with E-state index in [0.29, 0.717) is 0 Å². The molecule has 3 N–H and O–H groups in total. The number of rotatable bonds is 8. The molecule has 6 unspecified atom stereocenters. The first-order valence-corrected chi connectivity index (χ1v) is 9.89. The Morgan fingerprint density at radius 1 is 1.03 bits per heavy atom. The average molecular weight is 470 g/mol. The molecule has 13 heteroatoms. The van der Waals surface area contributed by atoms with Crippen molar-refractivity contribution >= 4 is 29.5 Å². The fourth-order valence-electron chi connectivity index (χ4n) is 3.26. The number of hydrogen-bond acceptors (Lipinski definition) is 11. The minimum atomic E-state index is -1.41. The Labute approximate surface area is 189 Å². The number of amides is 1. The summed E-state index contributed by atoms with van der Waals surface area (Å²) in [6.07, 6.45) is -5.18. The van der Waals surface area contributed by atoms with E-state index in [4.69, 9.17) is 23.7 Å². The minimum absolute atomic E-state index is 0.0934. The molecule has 1 aromatic carbocycles. The number of carbonyl (C=O) groups is 4. The summed E-state index contributed by atoms with van der Waals surface area (Å²) in [6, 6.07) is 4.48. The van der Waals surface area contributed by atoms with Gasteiger partial charge in [-0.15, -0.1) is 0 Å². The van der Waals surface area contributed by atoms with E-state index in [2.05, 4.69) is 5.32 Å². The number of hydrogen-bond donors (Lipinski definition) is 3. The first-order chi connectivity index (χ1) is 15.5. The van der Waals surface area contributed by atoms with Crippen molar-refractivity contribution in [1.29, 1.82) is 0 Å². The number of esters is 3. The van der Waals surface area contributed by atoms with Crippen molar-refractivity contribution in [2.75, 3.05) is 6.61 Å². The molecule has 1 aromatic rings. The molecule has 1 amide bonds. The van der Waals surface area contributed by atoms with Crippen molar-refractivity contribution in [2.45, 2.75) is 58.3 Å². The normalized spacial score (nSPS) is 25.3. The van der Waals surface area contributed by atoms with Crippen LogP contribution in [0.1, 0.15) is 27.7 Å². The van der Waals surface area contributed by atoms with Crippen LogP contribution >= 0.6 is 0 Å². The van der Waals surface area contributed by atoms with Gasteiger partial charge in [0, 0.05) is 33.8 Å². The molecule has 1 fully saturated rings. The van der Waals surface area contributed by atoms with Crippen LogP contribution < -0.4 is 15.3 Å².